The largest absolute Gasteiger partial charge is 0.378 e. The number of amides is 1. The maximum Gasteiger partial charge on any atom is 0.246 e. The Bertz CT molecular complexity index is 220. The zero-order valence-electron chi connectivity index (χ0n) is 10.3. The van der Waals surface area contributed by atoms with Gasteiger partial charge in [-0.3, -0.25) is 4.79 Å². The van der Waals surface area contributed by atoms with E-state index in [9.17, 15) is 4.79 Å². The molecule has 3 heteroatoms. The summed E-state index contributed by atoms with van der Waals surface area (Å²) in [5.74, 6) is 0.138. The number of hydrogen-bond acceptors (Lipinski definition) is 2. The number of carbonyl (C=O) groups is 1. The summed E-state index contributed by atoms with van der Waals surface area (Å²) in [4.78, 5) is 13.5. The van der Waals surface area contributed by atoms with Crippen molar-refractivity contribution >= 4 is 5.91 Å². The first-order valence-electron chi connectivity index (χ1n) is 6.37. The van der Waals surface area contributed by atoms with Gasteiger partial charge in [0.15, 0.2) is 0 Å². The lowest BCUT2D eigenvalue weighted by Gasteiger charge is -2.25. The maximum absolute atomic E-state index is 11.7. The Hall–Kier alpha value is -0.830. The summed E-state index contributed by atoms with van der Waals surface area (Å²) in [5, 5.41) is 0. The quantitative estimate of drug-likeness (QED) is 0.513. The molecule has 1 saturated heterocycles. The van der Waals surface area contributed by atoms with Crippen molar-refractivity contribution in [3.8, 4) is 0 Å². The molecule has 0 aromatic rings. The van der Waals surface area contributed by atoms with Crippen LogP contribution in [-0.2, 0) is 9.53 Å². The lowest BCUT2D eigenvalue weighted by molar-refractivity contribution is -0.129. The number of rotatable bonds is 6. The zero-order chi connectivity index (χ0) is 11.6. The predicted molar refractivity (Wildman–Crippen MR) is 65.3 cm³/mol. The summed E-state index contributed by atoms with van der Waals surface area (Å²) in [6, 6.07) is 0. The van der Waals surface area contributed by atoms with Crippen LogP contribution in [0.25, 0.3) is 0 Å². The second-order valence-electron chi connectivity index (χ2n) is 4.19. The van der Waals surface area contributed by atoms with Crippen LogP contribution in [0.1, 0.15) is 39.0 Å². The van der Waals surface area contributed by atoms with Crippen molar-refractivity contribution < 1.29 is 9.53 Å². The van der Waals surface area contributed by atoms with E-state index in [0.717, 1.165) is 19.5 Å². The summed E-state index contributed by atoms with van der Waals surface area (Å²) in [6.45, 7) is 5.03. The highest BCUT2D eigenvalue weighted by Crippen LogP contribution is 2.04. The van der Waals surface area contributed by atoms with E-state index in [1.807, 2.05) is 11.0 Å². The molecule has 1 amide bonds. The summed E-state index contributed by atoms with van der Waals surface area (Å²) in [6.07, 6.45) is 9.77. The van der Waals surface area contributed by atoms with Gasteiger partial charge in [0.05, 0.1) is 13.2 Å². The molecule has 0 bridgehead atoms. The molecule has 0 aliphatic carbocycles. The molecule has 1 rings (SSSR count). The SMILES string of the molecule is CCCCCC/C=C/C(=O)N1CCOCC1. The number of ether oxygens (including phenoxy) is 1. The molecule has 0 atom stereocenters. The monoisotopic (exact) mass is 225 g/mol. The highest BCUT2D eigenvalue weighted by atomic mass is 16.5. The molecule has 1 aliphatic heterocycles. The van der Waals surface area contributed by atoms with Gasteiger partial charge in [-0.2, -0.15) is 0 Å². The summed E-state index contributed by atoms with van der Waals surface area (Å²) in [5.41, 5.74) is 0. The van der Waals surface area contributed by atoms with Crippen molar-refractivity contribution in [2.75, 3.05) is 26.3 Å². The molecule has 1 aliphatic rings. The van der Waals surface area contributed by atoms with Gasteiger partial charge in [-0.1, -0.05) is 32.3 Å². The van der Waals surface area contributed by atoms with Crippen molar-refractivity contribution in [1.29, 1.82) is 0 Å². The minimum Gasteiger partial charge on any atom is -0.378 e. The Labute approximate surface area is 98.5 Å². The van der Waals surface area contributed by atoms with E-state index in [1.54, 1.807) is 6.08 Å². The highest BCUT2D eigenvalue weighted by Gasteiger charge is 2.13. The number of unbranched alkanes of at least 4 members (excludes halogenated alkanes) is 4. The molecule has 1 heterocycles. The van der Waals surface area contributed by atoms with Gasteiger partial charge in [-0.05, 0) is 18.9 Å². The standard InChI is InChI=1S/C13H23NO2/c1-2-3-4-5-6-7-8-13(15)14-9-11-16-12-10-14/h7-8H,2-6,9-12H2,1H3/b8-7+. The first-order valence-corrected chi connectivity index (χ1v) is 6.37. The molecule has 92 valence electrons. The van der Waals surface area contributed by atoms with E-state index in [-0.39, 0.29) is 5.91 Å². The first-order chi connectivity index (χ1) is 7.84. The zero-order valence-corrected chi connectivity index (χ0v) is 10.3. The van der Waals surface area contributed by atoms with Crippen molar-refractivity contribution in [3.63, 3.8) is 0 Å². The van der Waals surface area contributed by atoms with E-state index in [0.29, 0.717) is 13.2 Å². The van der Waals surface area contributed by atoms with E-state index in [4.69, 9.17) is 4.74 Å². The van der Waals surface area contributed by atoms with Gasteiger partial charge < -0.3 is 9.64 Å². The minimum absolute atomic E-state index is 0.138. The Balaban J connectivity index is 2.10. The summed E-state index contributed by atoms with van der Waals surface area (Å²) < 4.78 is 5.20. The van der Waals surface area contributed by atoms with Gasteiger partial charge >= 0.3 is 0 Å². The number of nitrogens with zero attached hydrogens (tertiary/aromatic N) is 1. The molecular formula is C13H23NO2. The molecule has 0 N–H and O–H groups in total. The lowest BCUT2D eigenvalue weighted by Crippen LogP contribution is -2.39. The molecule has 16 heavy (non-hydrogen) atoms. The second-order valence-corrected chi connectivity index (χ2v) is 4.19. The minimum atomic E-state index is 0.138. The molecule has 0 saturated carbocycles. The third kappa shape index (κ3) is 5.31. The van der Waals surface area contributed by atoms with Crippen molar-refractivity contribution in [2.24, 2.45) is 0 Å². The smallest absolute Gasteiger partial charge is 0.246 e. The second kappa shape index (κ2) is 8.34. The third-order valence-electron chi connectivity index (χ3n) is 2.81. The van der Waals surface area contributed by atoms with Crippen LogP contribution < -0.4 is 0 Å². The van der Waals surface area contributed by atoms with Gasteiger partial charge in [-0.25, -0.2) is 0 Å². The topological polar surface area (TPSA) is 29.5 Å². The molecule has 0 unspecified atom stereocenters. The fourth-order valence-electron chi connectivity index (χ4n) is 1.76. The average molecular weight is 225 g/mol. The number of carbonyl (C=O) groups excluding carboxylic acids is 1. The highest BCUT2D eigenvalue weighted by molar-refractivity contribution is 5.87. The Morgan fingerprint density at radius 2 is 2.00 bits per heavy atom. The van der Waals surface area contributed by atoms with Crippen LogP contribution in [0.15, 0.2) is 12.2 Å². The van der Waals surface area contributed by atoms with Gasteiger partial charge in [0.1, 0.15) is 0 Å². The Kier molecular flexibility index (Phi) is 6.90. The lowest BCUT2D eigenvalue weighted by atomic mass is 10.1. The van der Waals surface area contributed by atoms with E-state index in [2.05, 4.69) is 6.92 Å². The molecule has 3 nitrogen and oxygen atoms in total. The molecule has 0 aromatic carbocycles. The maximum atomic E-state index is 11.7. The van der Waals surface area contributed by atoms with E-state index < -0.39 is 0 Å². The number of allylic oxidation sites excluding steroid dienone is 1. The number of morpholine rings is 1. The molecule has 0 aromatic heterocycles. The van der Waals surface area contributed by atoms with Crippen LogP contribution in [0.2, 0.25) is 0 Å². The Morgan fingerprint density at radius 3 is 2.69 bits per heavy atom. The van der Waals surface area contributed by atoms with Crippen LogP contribution in [0, 0.1) is 0 Å². The molecular weight excluding hydrogens is 202 g/mol. The predicted octanol–water partition coefficient (Wildman–Crippen LogP) is 2.37. The van der Waals surface area contributed by atoms with Crippen molar-refractivity contribution in [2.45, 2.75) is 39.0 Å². The number of hydrogen-bond donors (Lipinski definition) is 0. The molecule has 0 radical (unpaired) electrons. The van der Waals surface area contributed by atoms with Crippen molar-refractivity contribution in [3.05, 3.63) is 12.2 Å². The van der Waals surface area contributed by atoms with Crippen LogP contribution in [0.5, 0.6) is 0 Å². The van der Waals surface area contributed by atoms with Crippen LogP contribution in [0.3, 0.4) is 0 Å². The summed E-state index contributed by atoms with van der Waals surface area (Å²) >= 11 is 0. The van der Waals surface area contributed by atoms with Crippen molar-refractivity contribution in [1.82, 2.24) is 4.90 Å². The van der Waals surface area contributed by atoms with Crippen LogP contribution >= 0.6 is 0 Å². The fraction of sp³-hybridized carbons (Fsp3) is 0.769. The third-order valence-corrected chi connectivity index (χ3v) is 2.81. The van der Waals surface area contributed by atoms with Gasteiger partial charge in [0.2, 0.25) is 5.91 Å². The molecule has 0 spiro atoms. The van der Waals surface area contributed by atoms with Crippen LogP contribution in [0.4, 0.5) is 0 Å². The average Bonchev–Trinajstić information content (AvgIpc) is 2.34. The van der Waals surface area contributed by atoms with E-state index in [1.165, 1.54) is 25.7 Å². The first kappa shape index (κ1) is 13.2. The molecule has 1 fully saturated rings. The van der Waals surface area contributed by atoms with Gasteiger partial charge in [-0.15, -0.1) is 0 Å². The van der Waals surface area contributed by atoms with Gasteiger partial charge in [0, 0.05) is 13.1 Å². The fourth-order valence-corrected chi connectivity index (χ4v) is 1.76. The Morgan fingerprint density at radius 1 is 1.25 bits per heavy atom. The normalized spacial score (nSPS) is 16.9. The van der Waals surface area contributed by atoms with E-state index >= 15 is 0 Å². The summed E-state index contributed by atoms with van der Waals surface area (Å²) in [7, 11) is 0. The van der Waals surface area contributed by atoms with Crippen LogP contribution in [-0.4, -0.2) is 37.1 Å². The van der Waals surface area contributed by atoms with Gasteiger partial charge in [0.25, 0.3) is 0 Å².